The van der Waals surface area contributed by atoms with Gasteiger partial charge in [-0.2, -0.15) is 0 Å². The fourth-order valence-corrected chi connectivity index (χ4v) is 4.43. The van der Waals surface area contributed by atoms with Gasteiger partial charge in [0.2, 0.25) is 5.91 Å². The molecule has 1 aliphatic rings. The van der Waals surface area contributed by atoms with Crippen molar-refractivity contribution in [2.75, 3.05) is 6.54 Å². The van der Waals surface area contributed by atoms with Crippen molar-refractivity contribution in [1.29, 1.82) is 0 Å². The van der Waals surface area contributed by atoms with Crippen LogP contribution in [0.5, 0.6) is 0 Å². The van der Waals surface area contributed by atoms with E-state index < -0.39 is 15.1 Å². The molecule has 0 radical (unpaired) electrons. The summed E-state index contributed by atoms with van der Waals surface area (Å²) in [5.41, 5.74) is 1.01. The van der Waals surface area contributed by atoms with Crippen molar-refractivity contribution >= 4 is 15.7 Å². The van der Waals surface area contributed by atoms with E-state index in [-0.39, 0.29) is 10.8 Å². The van der Waals surface area contributed by atoms with E-state index in [1.165, 1.54) is 0 Å². The molecule has 3 rings (SSSR count). The van der Waals surface area contributed by atoms with Crippen molar-refractivity contribution in [3.8, 4) is 0 Å². The molecule has 0 aliphatic carbocycles. The first kappa shape index (κ1) is 14.8. The summed E-state index contributed by atoms with van der Waals surface area (Å²) in [7, 11) is -3.60. The number of hydrogen-bond donors (Lipinski definition) is 0. The van der Waals surface area contributed by atoms with E-state index in [0.29, 0.717) is 19.5 Å². The van der Waals surface area contributed by atoms with Crippen molar-refractivity contribution in [2.45, 2.75) is 23.1 Å². The Morgan fingerprint density at radius 3 is 2.18 bits per heavy atom. The molecule has 4 nitrogen and oxygen atoms in total. The van der Waals surface area contributed by atoms with E-state index in [4.69, 9.17) is 0 Å². The van der Waals surface area contributed by atoms with Crippen LogP contribution in [-0.2, 0) is 21.2 Å². The third-order valence-corrected chi connectivity index (χ3v) is 6.03. The van der Waals surface area contributed by atoms with Gasteiger partial charge in [0, 0.05) is 13.1 Å². The van der Waals surface area contributed by atoms with Gasteiger partial charge in [-0.15, -0.1) is 0 Å². The molecule has 0 spiro atoms. The van der Waals surface area contributed by atoms with Crippen molar-refractivity contribution in [3.63, 3.8) is 0 Å². The first-order chi connectivity index (χ1) is 10.6. The molecule has 114 valence electrons. The lowest BCUT2D eigenvalue weighted by atomic mass is 10.2. The summed E-state index contributed by atoms with van der Waals surface area (Å²) in [5, 5.41) is -0.960. The van der Waals surface area contributed by atoms with Crippen LogP contribution >= 0.6 is 0 Å². The van der Waals surface area contributed by atoms with E-state index in [9.17, 15) is 13.2 Å². The summed E-state index contributed by atoms with van der Waals surface area (Å²) < 4.78 is 25.2. The summed E-state index contributed by atoms with van der Waals surface area (Å²) in [6, 6.07) is 17.8. The topological polar surface area (TPSA) is 54.5 Å². The number of carbonyl (C=O) groups is 1. The number of amides is 1. The van der Waals surface area contributed by atoms with Crippen LogP contribution in [0.4, 0.5) is 0 Å². The Bertz CT molecular complexity index is 757. The molecule has 1 atom stereocenters. The Labute approximate surface area is 130 Å². The fraction of sp³-hybridized carbons (Fsp3) is 0.235. The van der Waals surface area contributed by atoms with Crippen LogP contribution in [0.25, 0.3) is 0 Å². The number of sulfone groups is 1. The molecule has 1 heterocycles. The molecular weight excluding hydrogens is 298 g/mol. The predicted octanol–water partition coefficient (Wildman–Crippen LogP) is 2.26. The quantitative estimate of drug-likeness (QED) is 0.869. The second kappa shape index (κ2) is 5.93. The molecule has 1 fully saturated rings. The van der Waals surface area contributed by atoms with Gasteiger partial charge in [0.1, 0.15) is 5.25 Å². The number of carbonyl (C=O) groups excluding carboxylic acids is 1. The van der Waals surface area contributed by atoms with E-state index >= 15 is 0 Å². The molecule has 0 saturated carbocycles. The third-order valence-electron chi connectivity index (χ3n) is 3.91. The predicted molar refractivity (Wildman–Crippen MR) is 83.9 cm³/mol. The van der Waals surface area contributed by atoms with E-state index in [1.54, 1.807) is 35.2 Å². The highest BCUT2D eigenvalue weighted by molar-refractivity contribution is 7.92. The summed E-state index contributed by atoms with van der Waals surface area (Å²) in [6.45, 7) is 0.935. The van der Waals surface area contributed by atoms with Gasteiger partial charge in [-0.25, -0.2) is 8.42 Å². The zero-order valence-corrected chi connectivity index (χ0v) is 12.9. The Morgan fingerprint density at radius 2 is 1.55 bits per heavy atom. The molecule has 5 heteroatoms. The standard InChI is InChI=1S/C17H17NO3S/c19-17-16(22(20,21)15-9-5-2-6-10-15)11-12-18(17)13-14-7-3-1-4-8-14/h1-10,16H,11-13H2. The van der Waals surface area contributed by atoms with Crippen LogP contribution in [0.1, 0.15) is 12.0 Å². The van der Waals surface area contributed by atoms with Gasteiger partial charge in [0.15, 0.2) is 9.84 Å². The lowest BCUT2D eigenvalue weighted by molar-refractivity contribution is -0.127. The highest BCUT2D eigenvalue weighted by Gasteiger charge is 2.41. The highest BCUT2D eigenvalue weighted by atomic mass is 32.2. The van der Waals surface area contributed by atoms with Crippen LogP contribution in [0, 0.1) is 0 Å². The smallest absolute Gasteiger partial charge is 0.241 e. The lowest BCUT2D eigenvalue weighted by Crippen LogP contribution is -2.33. The number of likely N-dealkylation sites (tertiary alicyclic amines) is 1. The average Bonchev–Trinajstić information content (AvgIpc) is 2.91. The fourth-order valence-electron chi connectivity index (χ4n) is 2.73. The molecule has 1 aliphatic heterocycles. The first-order valence-corrected chi connectivity index (χ1v) is 8.75. The number of rotatable bonds is 4. The second-order valence-corrected chi connectivity index (χ2v) is 7.51. The van der Waals surface area contributed by atoms with Gasteiger partial charge in [0.05, 0.1) is 4.90 Å². The van der Waals surface area contributed by atoms with Gasteiger partial charge >= 0.3 is 0 Å². The molecular formula is C17H17NO3S. The summed E-state index contributed by atoms with van der Waals surface area (Å²) in [6.07, 6.45) is 0.350. The molecule has 2 aromatic rings. The maximum Gasteiger partial charge on any atom is 0.241 e. The van der Waals surface area contributed by atoms with Gasteiger partial charge in [-0.1, -0.05) is 48.5 Å². The lowest BCUT2D eigenvalue weighted by Gasteiger charge is -2.17. The van der Waals surface area contributed by atoms with Gasteiger partial charge in [-0.3, -0.25) is 4.79 Å². The summed E-state index contributed by atoms with van der Waals surface area (Å²) in [4.78, 5) is 14.3. The Morgan fingerprint density at radius 1 is 0.955 bits per heavy atom. The molecule has 1 unspecified atom stereocenters. The van der Waals surface area contributed by atoms with Crippen molar-refractivity contribution < 1.29 is 13.2 Å². The van der Waals surface area contributed by atoms with Gasteiger partial charge in [-0.05, 0) is 24.1 Å². The number of nitrogens with zero attached hydrogens (tertiary/aromatic N) is 1. The van der Waals surface area contributed by atoms with Crippen molar-refractivity contribution in [3.05, 3.63) is 66.2 Å². The van der Waals surface area contributed by atoms with Crippen LogP contribution < -0.4 is 0 Å². The zero-order valence-electron chi connectivity index (χ0n) is 12.1. The zero-order chi connectivity index (χ0) is 15.6. The Hall–Kier alpha value is -2.14. The van der Waals surface area contributed by atoms with E-state index in [0.717, 1.165) is 5.56 Å². The summed E-state index contributed by atoms with van der Waals surface area (Å²) in [5.74, 6) is -0.298. The van der Waals surface area contributed by atoms with Crippen LogP contribution in [0.3, 0.4) is 0 Å². The largest absolute Gasteiger partial charge is 0.337 e. The maximum atomic E-state index is 12.6. The Balaban J connectivity index is 1.79. The first-order valence-electron chi connectivity index (χ1n) is 7.21. The minimum Gasteiger partial charge on any atom is -0.337 e. The summed E-state index contributed by atoms with van der Waals surface area (Å²) >= 11 is 0. The van der Waals surface area contributed by atoms with Crippen molar-refractivity contribution in [2.24, 2.45) is 0 Å². The normalized spacial score (nSPS) is 18.6. The molecule has 0 N–H and O–H groups in total. The highest BCUT2D eigenvalue weighted by Crippen LogP contribution is 2.26. The molecule has 0 aromatic heterocycles. The molecule has 0 bridgehead atoms. The molecule has 1 saturated heterocycles. The van der Waals surface area contributed by atoms with Crippen LogP contribution in [-0.4, -0.2) is 31.0 Å². The minimum atomic E-state index is -3.60. The number of hydrogen-bond acceptors (Lipinski definition) is 3. The molecule has 22 heavy (non-hydrogen) atoms. The maximum absolute atomic E-state index is 12.6. The number of benzene rings is 2. The third kappa shape index (κ3) is 2.76. The minimum absolute atomic E-state index is 0.218. The Kier molecular flexibility index (Phi) is 3.98. The van der Waals surface area contributed by atoms with Crippen LogP contribution in [0.2, 0.25) is 0 Å². The van der Waals surface area contributed by atoms with E-state index in [2.05, 4.69) is 0 Å². The SMILES string of the molecule is O=C1C(S(=O)(=O)c2ccccc2)CCN1Cc1ccccc1. The van der Waals surface area contributed by atoms with E-state index in [1.807, 2.05) is 30.3 Å². The second-order valence-electron chi connectivity index (χ2n) is 5.38. The van der Waals surface area contributed by atoms with Crippen LogP contribution in [0.15, 0.2) is 65.6 Å². The monoisotopic (exact) mass is 315 g/mol. The van der Waals surface area contributed by atoms with Gasteiger partial charge in [0.25, 0.3) is 0 Å². The van der Waals surface area contributed by atoms with Crippen molar-refractivity contribution in [1.82, 2.24) is 4.90 Å². The molecule has 1 amide bonds. The van der Waals surface area contributed by atoms with Gasteiger partial charge < -0.3 is 4.90 Å². The average molecular weight is 315 g/mol. The molecule has 2 aromatic carbocycles.